The Hall–Kier alpha value is -2.73. The van der Waals surface area contributed by atoms with E-state index in [0.717, 1.165) is 5.56 Å². The summed E-state index contributed by atoms with van der Waals surface area (Å²) in [6, 6.07) is 13.2. The molecule has 0 spiro atoms. The van der Waals surface area contributed by atoms with Crippen molar-refractivity contribution in [2.24, 2.45) is 5.73 Å². The third kappa shape index (κ3) is 2.68. The molecule has 3 rings (SSSR count). The highest BCUT2D eigenvalue weighted by molar-refractivity contribution is 5.55. The number of ether oxygens (including phenoxy) is 1. The van der Waals surface area contributed by atoms with Crippen LogP contribution in [-0.2, 0) is 0 Å². The fourth-order valence-electron chi connectivity index (χ4n) is 2.17. The summed E-state index contributed by atoms with van der Waals surface area (Å²) in [5, 5.41) is 6.82. The Bertz CT molecular complexity index is 787. The Labute approximate surface area is 127 Å². The van der Waals surface area contributed by atoms with Crippen molar-refractivity contribution < 1.29 is 9.13 Å². The first-order valence-electron chi connectivity index (χ1n) is 6.76. The highest BCUT2D eigenvalue weighted by Gasteiger charge is 2.16. The molecule has 1 atom stereocenters. The molecule has 6 heteroatoms. The first kappa shape index (κ1) is 14.2. The maximum atomic E-state index is 13.8. The van der Waals surface area contributed by atoms with Crippen molar-refractivity contribution in [3.05, 3.63) is 65.7 Å². The summed E-state index contributed by atoms with van der Waals surface area (Å²) in [5.74, 6) is 1.09. The molecule has 112 valence electrons. The number of hydrogen-bond acceptors (Lipinski definition) is 4. The third-order valence-corrected chi connectivity index (χ3v) is 3.36. The molecule has 0 aliphatic heterocycles. The lowest BCUT2D eigenvalue weighted by atomic mass is 10.1. The fourth-order valence-corrected chi connectivity index (χ4v) is 2.17. The molecule has 0 fully saturated rings. The van der Waals surface area contributed by atoms with E-state index in [0.29, 0.717) is 17.1 Å². The predicted molar refractivity (Wildman–Crippen MR) is 80.8 cm³/mol. The van der Waals surface area contributed by atoms with Gasteiger partial charge in [0.15, 0.2) is 5.82 Å². The highest BCUT2D eigenvalue weighted by atomic mass is 19.1. The van der Waals surface area contributed by atoms with Crippen molar-refractivity contribution in [1.29, 1.82) is 0 Å². The molecule has 1 aromatic heterocycles. The maximum Gasteiger partial charge on any atom is 0.184 e. The van der Waals surface area contributed by atoms with Gasteiger partial charge in [-0.05, 0) is 29.8 Å². The topological polar surface area (TPSA) is 76.8 Å². The Morgan fingerprint density at radius 2 is 2.00 bits per heavy atom. The summed E-state index contributed by atoms with van der Waals surface area (Å²) in [7, 11) is 1.59. The quantitative estimate of drug-likeness (QED) is 0.776. The normalized spacial score (nSPS) is 12.1. The average molecular weight is 298 g/mol. The van der Waals surface area contributed by atoms with Gasteiger partial charge >= 0.3 is 0 Å². The lowest BCUT2D eigenvalue weighted by Crippen LogP contribution is -2.13. The van der Waals surface area contributed by atoms with Gasteiger partial charge in [0.2, 0.25) is 0 Å². The van der Waals surface area contributed by atoms with Crippen LogP contribution in [0.4, 0.5) is 4.39 Å². The first-order chi connectivity index (χ1) is 10.7. The third-order valence-electron chi connectivity index (χ3n) is 3.36. The Kier molecular flexibility index (Phi) is 3.84. The lowest BCUT2D eigenvalue weighted by molar-refractivity contribution is 0.414. The minimum absolute atomic E-state index is 0.284. The largest absolute Gasteiger partial charge is 0.497 e. The zero-order chi connectivity index (χ0) is 15.5. The average Bonchev–Trinajstić information content (AvgIpc) is 3.04. The van der Waals surface area contributed by atoms with Crippen LogP contribution in [0.25, 0.3) is 11.4 Å². The molecule has 0 unspecified atom stereocenters. The van der Waals surface area contributed by atoms with Gasteiger partial charge in [0.05, 0.1) is 18.7 Å². The van der Waals surface area contributed by atoms with E-state index in [1.54, 1.807) is 25.3 Å². The van der Waals surface area contributed by atoms with Crippen LogP contribution in [0.5, 0.6) is 5.75 Å². The van der Waals surface area contributed by atoms with Gasteiger partial charge in [-0.1, -0.05) is 24.3 Å². The van der Waals surface area contributed by atoms with E-state index in [9.17, 15) is 4.39 Å². The van der Waals surface area contributed by atoms with E-state index in [-0.39, 0.29) is 11.6 Å². The van der Waals surface area contributed by atoms with Gasteiger partial charge in [-0.15, -0.1) is 0 Å². The van der Waals surface area contributed by atoms with Gasteiger partial charge in [-0.2, -0.15) is 5.10 Å². The fraction of sp³-hybridized carbons (Fsp3) is 0.125. The molecule has 22 heavy (non-hydrogen) atoms. The second kappa shape index (κ2) is 5.95. The molecular weight excluding hydrogens is 283 g/mol. The molecule has 0 bridgehead atoms. The number of nitrogens with zero attached hydrogens (tertiary/aromatic N) is 2. The van der Waals surface area contributed by atoms with E-state index in [4.69, 9.17) is 10.5 Å². The van der Waals surface area contributed by atoms with Crippen molar-refractivity contribution in [3.8, 4) is 17.1 Å². The molecule has 3 aromatic rings. The molecule has 0 saturated carbocycles. The number of nitrogens with one attached hydrogen (secondary N) is 1. The van der Waals surface area contributed by atoms with Crippen molar-refractivity contribution in [2.45, 2.75) is 6.04 Å². The van der Waals surface area contributed by atoms with E-state index >= 15 is 0 Å². The van der Waals surface area contributed by atoms with Gasteiger partial charge in [0, 0.05) is 0 Å². The highest BCUT2D eigenvalue weighted by Crippen LogP contribution is 2.24. The number of aromatic amines is 1. The monoisotopic (exact) mass is 298 g/mol. The number of halogens is 1. The molecular formula is C16H15FN4O. The minimum Gasteiger partial charge on any atom is -0.497 e. The van der Waals surface area contributed by atoms with E-state index < -0.39 is 6.04 Å². The van der Waals surface area contributed by atoms with Crippen molar-refractivity contribution >= 4 is 0 Å². The van der Waals surface area contributed by atoms with Crippen LogP contribution < -0.4 is 10.5 Å². The van der Waals surface area contributed by atoms with Crippen LogP contribution in [0.1, 0.15) is 17.4 Å². The van der Waals surface area contributed by atoms with Crippen LogP contribution in [0.3, 0.4) is 0 Å². The van der Waals surface area contributed by atoms with Gasteiger partial charge in [0.1, 0.15) is 17.4 Å². The number of nitrogens with two attached hydrogens (primary N) is 1. The number of methoxy groups -OCH3 is 1. The van der Waals surface area contributed by atoms with Gasteiger partial charge in [-0.25, -0.2) is 9.37 Å². The van der Waals surface area contributed by atoms with Crippen LogP contribution in [0.2, 0.25) is 0 Å². The SMILES string of the molecule is COc1cccc([C@@H](N)c2nc(-c3ccccc3F)n[nH]2)c1. The van der Waals surface area contributed by atoms with Gasteiger partial charge in [-0.3, -0.25) is 5.10 Å². The molecule has 1 heterocycles. The molecule has 5 nitrogen and oxygen atoms in total. The number of H-pyrrole nitrogens is 1. The summed E-state index contributed by atoms with van der Waals surface area (Å²) < 4.78 is 18.9. The van der Waals surface area contributed by atoms with Gasteiger partial charge < -0.3 is 10.5 Å². The van der Waals surface area contributed by atoms with Crippen molar-refractivity contribution in [2.75, 3.05) is 7.11 Å². The zero-order valence-corrected chi connectivity index (χ0v) is 12.0. The lowest BCUT2D eigenvalue weighted by Gasteiger charge is -2.09. The zero-order valence-electron chi connectivity index (χ0n) is 12.0. The maximum absolute atomic E-state index is 13.8. The van der Waals surface area contributed by atoms with E-state index in [1.807, 2.05) is 24.3 Å². The molecule has 2 aromatic carbocycles. The second-order valence-electron chi connectivity index (χ2n) is 4.78. The summed E-state index contributed by atoms with van der Waals surface area (Å²) >= 11 is 0. The van der Waals surface area contributed by atoms with Crippen molar-refractivity contribution in [3.63, 3.8) is 0 Å². The van der Waals surface area contributed by atoms with E-state index in [1.165, 1.54) is 6.07 Å². The number of benzene rings is 2. The first-order valence-corrected chi connectivity index (χ1v) is 6.76. The van der Waals surface area contributed by atoms with Crippen LogP contribution in [0, 0.1) is 5.82 Å². The van der Waals surface area contributed by atoms with Crippen molar-refractivity contribution in [1.82, 2.24) is 15.2 Å². The molecule has 3 N–H and O–H groups in total. The van der Waals surface area contributed by atoms with Crippen LogP contribution in [-0.4, -0.2) is 22.3 Å². The number of rotatable bonds is 4. The standard InChI is InChI=1S/C16H15FN4O/c1-22-11-6-4-5-10(9-11)14(18)16-19-15(20-21-16)12-7-2-3-8-13(12)17/h2-9,14H,18H2,1H3,(H,19,20,21)/t14-/m1/s1. The molecule has 0 aliphatic rings. The summed E-state index contributed by atoms with van der Waals surface area (Å²) in [4.78, 5) is 4.30. The summed E-state index contributed by atoms with van der Waals surface area (Å²) in [6.07, 6.45) is 0. The summed E-state index contributed by atoms with van der Waals surface area (Å²) in [5.41, 5.74) is 7.35. The predicted octanol–water partition coefficient (Wildman–Crippen LogP) is 2.67. The Morgan fingerprint density at radius 1 is 1.18 bits per heavy atom. The molecule has 0 amide bonds. The van der Waals surface area contributed by atoms with Gasteiger partial charge in [0.25, 0.3) is 0 Å². The smallest absolute Gasteiger partial charge is 0.184 e. The Balaban J connectivity index is 1.91. The molecule has 0 radical (unpaired) electrons. The van der Waals surface area contributed by atoms with Crippen LogP contribution in [0.15, 0.2) is 48.5 Å². The minimum atomic E-state index is -0.497. The summed E-state index contributed by atoms with van der Waals surface area (Å²) in [6.45, 7) is 0. The Morgan fingerprint density at radius 3 is 2.77 bits per heavy atom. The van der Waals surface area contributed by atoms with Crippen LogP contribution >= 0.6 is 0 Å². The molecule has 0 saturated heterocycles. The molecule has 0 aliphatic carbocycles. The second-order valence-corrected chi connectivity index (χ2v) is 4.78. The number of hydrogen-bond donors (Lipinski definition) is 2. The van der Waals surface area contributed by atoms with E-state index in [2.05, 4.69) is 15.2 Å². The number of aromatic nitrogens is 3.